The number of carbonyl (C=O) groups is 1. The number of carbonyl (C=O) groups excluding carboxylic acids is 1. The molecule has 188 valence electrons. The van der Waals surface area contributed by atoms with Crippen molar-refractivity contribution in [1.29, 1.82) is 0 Å². The van der Waals surface area contributed by atoms with E-state index in [0.717, 1.165) is 64.3 Å². The van der Waals surface area contributed by atoms with Crippen LogP contribution in [0.4, 0.5) is 5.95 Å². The van der Waals surface area contributed by atoms with Crippen molar-refractivity contribution < 1.29 is 4.79 Å². The first-order chi connectivity index (χ1) is 18.0. The molecule has 0 atom stereocenters. The highest BCUT2D eigenvalue weighted by Gasteiger charge is 2.26. The Balaban J connectivity index is 1.34. The van der Waals surface area contributed by atoms with Crippen molar-refractivity contribution in [3.8, 4) is 11.3 Å². The third kappa shape index (κ3) is 4.22. The number of aryl methyl sites for hydroxylation is 1. The lowest BCUT2D eigenvalue weighted by molar-refractivity contribution is 0.0769. The molecule has 3 aromatic heterocycles. The molecule has 1 amide bonds. The fourth-order valence-electron chi connectivity index (χ4n) is 5.16. The average Bonchev–Trinajstić information content (AvgIpc) is 3.45. The van der Waals surface area contributed by atoms with Crippen LogP contribution in [0.15, 0.2) is 60.8 Å². The van der Waals surface area contributed by atoms with Gasteiger partial charge in [-0.05, 0) is 51.0 Å². The summed E-state index contributed by atoms with van der Waals surface area (Å²) in [6, 6.07) is 18.3. The van der Waals surface area contributed by atoms with Gasteiger partial charge in [0.15, 0.2) is 5.65 Å². The fourth-order valence-corrected chi connectivity index (χ4v) is 5.16. The number of para-hydroxylation sites is 2. The van der Waals surface area contributed by atoms with Crippen LogP contribution in [0.25, 0.3) is 33.3 Å². The maximum Gasteiger partial charge on any atom is 0.254 e. The van der Waals surface area contributed by atoms with E-state index in [9.17, 15) is 4.79 Å². The van der Waals surface area contributed by atoms with E-state index < -0.39 is 0 Å². The largest absolute Gasteiger partial charge is 0.341 e. The van der Waals surface area contributed by atoms with Gasteiger partial charge in [-0.15, -0.1) is 0 Å². The molecular formula is C29H31N7O. The molecule has 0 saturated carbocycles. The van der Waals surface area contributed by atoms with E-state index >= 15 is 0 Å². The summed E-state index contributed by atoms with van der Waals surface area (Å²) in [7, 11) is 0. The van der Waals surface area contributed by atoms with Gasteiger partial charge in [-0.3, -0.25) is 4.79 Å². The number of hydrogen-bond donors (Lipinski definition) is 1. The first-order valence-electron chi connectivity index (χ1n) is 12.9. The van der Waals surface area contributed by atoms with E-state index in [1.165, 1.54) is 0 Å². The molecule has 8 nitrogen and oxygen atoms in total. The maximum absolute atomic E-state index is 14.0. The number of anilines is 1. The number of nitrogens with zero attached hydrogens (tertiary/aromatic N) is 6. The van der Waals surface area contributed by atoms with Gasteiger partial charge in [0.1, 0.15) is 0 Å². The van der Waals surface area contributed by atoms with Crippen molar-refractivity contribution in [2.24, 2.45) is 0 Å². The second-order valence-electron chi connectivity index (χ2n) is 10.0. The minimum absolute atomic E-state index is 0.0250. The average molecular weight is 494 g/mol. The molecule has 0 aliphatic carbocycles. The Morgan fingerprint density at radius 2 is 1.78 bits per heavy atom. The van der Waals surface area contributed by atoms with Gasteiger partial charge in [0, 0.05) is 37.8 Å². The summed E-state index contributed by atoms with van der Waals surface area (Å²) >= 11 is 0. The summed E-state index contributed by atoms with van der Waals surface area (Å²) in [6.07, 6.45) is 2.66. The van der Waals surface area contributed by atoms with Crippen molar-refractivity contribution in [2.45, 2.75) is 33.2 Å². The van der Waals surface area contributed by atoms with E-state index in [4.69, 9.17) is 9.97 Å². The standard InChI is InChI=1S/C29H31N7O/c1-19(2)36-27-23(18-30-36)22(17-26(31-27)21-10-5-4-9-20(21)3)28(37)34-13-8-14-35(16-15-34)29-32-24-11-6-7-12-25(24)33-29/h4-7,9-12,17-19H,8,13-16H2,1-3H3,(H,32,33). The van der Waals surface area contributed by atoms with Crippen LogP contribution in [0.5, 0.6) is 0 Å². The van der Waals surface area contributed by atoms with Crippen LogP contribution in [0, 0.1) is 6.92 Å². The minimum atomic E-state index is 0.0250. The third-order valence-corrected chi connectivity index (χ3v) is 7.17. The van der Waals surface area contributed by atoms with Crippen LogP contribution >= 0.6 is 0 Å². The number of pyridine rings is 1. The Hall–Kier alpha value is -4.20. The van der Waals surface area contributed by atoms with Crippen LogP contribution in [0.3, 0.4) is 0 Å². The maximum atomic E-state index is 14.0. The lowest BCUT2D eigenvalue weighted by atomic mass is 10.0. The molecule has 1 aliphatic rings. The number of rotatable bonds is 4. The monoisotopic (exact) mass is 493 g/mol. The molecular weight excluding hydrogens is 462 g/mol. The molecule has 1 N–H and O–H groups in total. The summed E-state index contributed by atoms with van der Waals surface area (Å²) in [5.41, 5.74) is 6.35. The van der Waals surface area contributed by atoms with E-state index in [1.807, 2.05) is 52.0 Å². The van der Waals surface area contributed by atoms with Crippen LogP contribution in [0.2, 0.25) is 0 Å². The zero-order valence-electron chi connectivity index (χ0n) is 21.5. The van der Waals surface area contributed by atoms with Gasteiger partial charge in [0.25, 0.3) is 5.91 Å². The van der Waals surface area contributed by atoms with Crippen molar-refractivity contribution >= 4 is 33.9 Å². The molecule has 1 fully saturated rings. The van der Waals surface area contributed by atoms with E-state index in [0.29, 0.717) is 18.7 Å². The zero-order chi connectivity index (χ0) is 25.5. The predicted molar refractivity (Wildman–Crippen MR) is 147 cm³/mol. The molecule has 4 heterocycles. The summed E-state index contributed by atoms with van der Waals surface area (Å²) in [4.78, 5) is 31.4. The molecule has 1 aliphatic heterocycles. The predicted octanol–water partition coefficient (Wildman–Crippen LogP) is 5.22. The molecule has 1 saturated heterocycles. The minimum Gasteiger partial charge on any atom is -0.341 e. The quantitative estimate of drug-likeness (QED) is 0.371. The third-order valence-electron chi connectivity index (χ3n) is 7.17. The first kappa shape index (κ1) is 23.2. The van der Waals surface area contributed by atoms with E-state index in [2.05, 4.69) is 47.9 Å². The van der Waals surface area contributed by atoms with Gasteiger partial charge < -0.3 is 14.8 Å². The Kier molecular flexibility index (Phi) is 5.87. The Morgan fingerprint density at radius 1 is 0.973 bits per heavy atom. The molecule has 0 bridgehead atoms. The molecule has 5 aromatic rings. The molecule has 6 rings (SSSR count). The van der Waals surface area contributed by atoms with Crippen molar-refractivity contribution in [3.63, 3.8) is 0 Å². The normalized spacial score (nSPS) is 14.6. The smallest absolute Gasteiger partial charge is 0.254 e. The molecule has 2 aromatic carbocycles. The van der Waals surface area contributed by atoms with Crippen molar-refractivity contribution in [3.05, 3.63) is 71.9 Å². The highest BCUT2D eigenvalue weighted by molar-refractivity contribution is 6.06. The number of amides is 1. The Morgan fingerprint density at radius 3 is 2.59 bits per heavy atom. The first-order valence-corrected chi connectivity index (χ1v) is 12.9. The number of benzene rings is 2. The summed E-state index contributed by atoms with van der Waals surface area (Å²) < 4.78 is 1.90. The number of fused-ring (bicyclic) bond motifs is 2. The van der Waals surface area contributed by atoms with Crippen molar-refractivity contribution in [1.82, 2.24) is 29.6 Å². The van der Waals surface area contributed by atoms with Gasteiger partial charge in [0.2, 0.25) is 5.95 Å². The summed E-state index contributed by atoms with van der Waals surface area (Å²) in [6.45, 7) is 9.11. The summed E-state index contributed by atoms with van der Waals surface area (Å²) in [5, 5.41) is 5.39. The van der Waals surface area contributed by atoms with Gasteiger partial charge in [-0.2, -0.15) is 5.10 Å². The lowest BCUT2D eigenvalue weighted by Crippen LogP contribution is -2.35. The summed E-state index contributed by atoms with van der Waals surface area (Å²) in [5.74, 6) is 0.888. The van der Waals surface area contributed by atoms with E-state index in [-0.39, 0.29) is 11.9 Å². The lowest BCUT2D eigenvalue weighted by Gasteiger charge is -2.22. The van der Waals surface area contributed by atoms with Gasteiger partial charge >= 0.3 is 0 Å². The Bertz CT molecular complexity index is 1570. The fraction of sp³-hybridized carbons (Fsp3) is 0.310. The highest BCUT2D eigenvalue weighted by Crippen LogP contribution is 2.29. The molecule has 37 heavy (non-hydrogen) atoms. The molecule has 0 spiro atoms. The van der Waals surface area contributed by atoms with Gasteiger partial charge in [-0.1, -0.05) is 36.4 Å². The zero-order valence-corrected chi connectivity index (χ0v) is 21.5. The number of nitrogens with one attached hydrogen (secondary N) is 1. The number of aromatic amines is 1. The molecule has 0 unspecified atom stereocenters. The van der Waals surface area contributed by atoms with E-state index in [1.54, 1.807) is 6.20 Å². The van der Waals surface area contributed by atoms with Crippen molar-refractivity contribution in [2.75, 3.05) is 31.1 Å². The number of hydrogen-bond acceptors (Lipinski definition) is 5. The number of H-pyrrole nitrogens is 1. The topological polar surface area (TPSA) is 82.9 Å². The second kappa shape index (κ2) is 9.35. The SMILES string of the molecule is Cc1ccccc1-c1cc(C(=O)N2CCCN(c3nc4ccccc4[nH]3)CC2)c2cnn(C(C)C)c2n1. The van der Waals surface area contributed by atoms with Crippen LogP contribution in [0.1, 0.15) is 42.2 Å². The second-order valence-corrected chi connectivity index (χ2v) is 10.0. The van der Waals surface area contributed by atoms with Gasteiger partial charge in [0.05, 0.1) is 33.9 Å². The number of aromatic nitrogens is 5. The van der Waals surface area contributed by atoms with Crippen LogP contribution < -0.4 is 4.90 Å². The van der Waals surface area contributed by atoms with Crippen LogP contribution in [-0.2, 0) is 0 Å². The number of imidazole rings is 1. The highest BCUT2D eigenvalue weighted by atomic mass is 16.2. The molecule has 8 heteroatoms. The Labute approximate surface area is 215 Å². The van der Waals surface area contributed by atoms with Gasteiger partial charge in [-0.25, -0.2) is 14.6 Å². The molecule has 0 radical (unpaired) electrons. The van der Waals surface area contributed by atoms with Crippen LogP contribution in [-0.4, -0.2) is 61.7 Å².